The molecule has 1 aromatic heterocycles. The van der Waals surface area contributed by atoms with Gasteiger partial charge in [-0.05, 0) is 18.4 Å². The minimum atomic E-state index is -0.0528. The number of imidazole rings is 1. The summed E-state index contributed by atoms with van der Waals surface area (Å²) < 4.78 is 0. The van der Waals surface area contributed by atoms with Gasteiger partial charge in [-0.2, -0.15) is 0 Å². The predicted molar refractivity (Wildman–Crippen MR) is 69.7 cm³/mol. The van der Waals surface area contributed by atoms with Gasteiger partial charge in [-0.25, -0.2) is 4.98 Å². The van der Waals surface area contributed by atoms with E-state index in [1.807, 2.05) is 24.4 Å². The van der Waals surface area contributed by atoms with E-state index in [-0.39, 0.29) is 6.04 Å². The second-order valence-corrected chi connectivity index (χ2v) is 4.34. The first-order valence-electron chi connectivity index (χ1n) is 6.13. The molecule has 17 heavy (non-hydrogen) atoms. The third kappa shape index (κ3) is 3.17. The average Bonchev–Trinajstić information content (AvgIpc) is 2.79. The number of rotatable bonds is 5. The zero-order chi connectivity index (χ0) is 12.1. The summed E-state index contributed by atoms with van der Waals surface area (Å²) in [6.07, 6.45) is 4.87. The molecule has 3 nitrogen and oxygen atoms in total. The van der Waals surface area contributed by atoms with Gasteiger partial charge in [-0.15, -0.1) is 0 Å². The molecule has 1 heterocycles. The highest BCUT2D eigenvalue weighted by molar-refractivity contribution is 5.17. The van der Waals surface area contributed by atoms with Gasteiger partial charge in [0.25, 0.3) is 0 Å². The summed E-state index contributed by atoms with van der Waals surface area (Å²) in [4.78, 5) is 7.65. The monoisotopic (exact) mass is 229 g/mol. The third-order valence-corrected chi connectivity index (χ3v) is 2.82. The van der Waals surface area contributed by atoms with Crippen molar-refractivity contribution in [3.05, 3.63) is 53.6 Å². The Labute approximate surface area is 102 Å². The Kier molecular flexibility index (Phi) is 3.94. The Balaban J connectivity index is 2.01. The van der Waals surface area contributed by atoms with Crippen LogP contribution in [0, 0.1) is 0 Å². The van der Waals surface area contributed by atoms with E-state index in [0.717, 1.165) is 25.1 Å². The van der Waals surface area contributed by atoms with E-state index in [9.17, 15) is 0 Å². The number of hydrogen-bond donors (Lipinski definition) is 2. The molecule has 3 N–H and O–H groups in total. The molecule has 1 unspecified atom stereocenters. The Hall–Kier alpha value is -1.61. The second kappa shape index (κ2) is 5.64. The molecule has 0 spiro atoms. The summed E-state index contributed by atoms with van der Waals surface area (Å²) in [5.41, 5.74) is 8.56. The number of aromatic amines is 1. The molecule has 3 heteroatoms. The topological polar surface area (TPSA) is 54.7 Å². The van der Waals surface area contributed by atoms with Gasteiger partial charge in [0.1, 0.15) is 5.82 Å². The first-order chi connectivity index (χ1) is 8.29. The fourth-order valence-corrected chi connectivity index (χ4v) is 1.93. The Bertz CT molecular complexity index is 448. The molecule has 90 valence electrons. The minimum Gasteiger partial charge on any atom is -0.345 e. The van der Waals surface area contributed by atoms with Gasteiger partial charge in [-0.3, -0.25) is 0 Å². The molecule has 0 radical (unpaired) electrons. The quantitative estimate of drug-likeness (QED) is 0.828. The van der Waals surface area contributed by atoms with Crippen LogP contribution in [0.3, 0.4) is 0 Å². The highest BCUT2D eigenvalue weighted by atomic mass is 15.0. The van der Waals surface area contributed by atoms with Crippen molar-refractivity contribution < 1.29 is 0 Å². The third-order valence-electron chi connectivity index (χ3n) is 2.82. The van der Waals surface area contributed by atoms with E-state index in [2.05, 4.69) is 29.0 Å². The van der Waals surface area contributed by atoms with Crippen molar-refractivity contribution in [3.8, 4) is 0 Å². The second-order valence-electron chi connectivity index (χ2n) is 4.34. The van der Waals surface area contributed by atoms with Crippen molar-refractivity contribution in [2.45, 2.75) is 32.2 Å². The zero-order valence-corrected chi connectivity index (χ0v) is 10.2. The normalized spacial score (nSPS) is 12.6. The molecular weight excluding hydrogens is 210 g/mol. The summed E-state index contributed by atoms with van der Waals surface area (Å²) in [5, 5.41) is 0. The minimum absolute atomic E-state index is 0.0528. The van der Waals surface area contributed by atoms with Crippen molar-refractivity contribution >= 4 is 0 Å². The Morgan fingerprint density at radius 3 is 2.76 bits per heavy atom. The van der Waals surface area contributed by atoms with E-state index in [0.29, 0.717) is 0 Å². The number of aryl methyl sites for hydroxylation is 1. The predicted octanol–water partition coefficient (Wildman–Crippen LogP) is 2.60. The van der Waals surface area contributed by atoms with Crippen LogP contribution in [0.5, 0.6) is 0 Å². The van der Waals surface area contributed by atoms with Gasteiger partial charge in [-0.1, -0.05) is 43.7 Å². The average molecular weight is 229 g/mol. The molecule has 0 fully saturated rings. The first-order valence-corrected chi connectivity index (χ1v) is 6.13. The van der Waals surface area contributed by atoms with Crippen LogP contribution < -0.4 is 5.73 Å². The molecule has 0 bridgehead atoms. The fraction of sp³-hybridized carbons (Fsp3) is 0.357. The molecule has 0 amide bonds. The van der Waals surface area contributed by atoms with Crippen LogP contribution in [-0.4, -0.2) is 9.97 Å². The standard InChI is InChI=1S/C14H19N3/c1-2-6-12-10-16-14(17-12)13(15)9-11-7-4-3-5-8-11/h3-5,7-8,10,13H,2,6,9,15H2,1H3,(H,16,17). The molecule has 2 rings (SSSR count). The van der Waals surface area contributed by atoms with Crippen LogP contribution in [-0.2, 0) is 12.8 Å². The Morgan fingerprint density at radius 2 is 2.06 bits per heavy atom. The number of H-pyrrole nitrogens is 1. The molecular formula is C14H19N3. The van der Waals surface area contributed by atoms with Crippen molar-refractivity contribution in [2.75, 3.05) is 0 Å². The van der Waals surface area contributed by atoms with E-state index in [1.54, 1.807) is 0 Å². The SMILES string of the molecule is CCCc1cnc(C(N)Cc2ccccc2)[nH]1. The molecule has 0 saturated heterocycles. The van der Waals surface area contributed by atoms with Gasteiger partial charge < -0.3 is 10.7 Å². The maximum absolute atomic E-state index is 6.14. The van der Waals surface area contributed by atoms with Crippen molar-refractivity contribution in [2.24, 2.45) is 5.73 Å². The van der Waals surface area contributed by atoms with Gasteiger partial charge in [0.2, 0.25) is 0 Å². The van der Waals surface area contributed by atoms with E-state index < -0.39 is 0 Å². The lowest BCUT2D eigenvalue weighted by Crippen LogP contribution is -2.15. The number of hydrogen-bond acceptors (Lipinski definition) is 2. The number of nitrogens with one attached hydrogen (secondary N) is 1. The van der Waals surface area contributed by atoms with Crippen LogP contribution in [0.15, 0.2) is 36.5 Å². The molecule has 0 aliphatic carbocycles. The van der Waals surface area contributed by atoms with Gasteiger partial charge in [0.15, 0.2) is 0 Å². The summed E-state index contributed by atoms with van der Waals surface area (Å²) in [6.45, 7) is 2.16. The van der Waals surface area contributed by atoms with E-state index >= 15 is 0 Å². The van der Waals surface area contributed by atoms with Crippen LogP contribution in [0.25, 0.3) is 0 Å². The molecule has 0 saturated carbocycles. The van der Waals surface area contributed by atoms with Crippen LogP contribution in [0.1, 0.15) is 36.5 Å². The van der Waals surface area contributed by atoms with E-state index in [4.69, 9.17) is 5.73 Å². The molecule has 1 aromatic carbocycles. The molecule has 0 aliphatic heterocycles. The van der Waals surface area contributed by atoms with Gasteiger partial charge >= 0.3 is 0 Å². The number of aromatic nitrogens is 2. The van der Waals surface area contributed by atoms with Crippen LogP contribution >= 0.6 is 0 Å². The van der Waals surface area contributed by atoms with Crippen molar-refractivity contribution in [1.82, 2.24) is 9.97 Å². The van der Waals surface area contributed by atoms with Crippen LogP contribution in [0.2, 0.25) is 0 Å². The highest BCUT2D eigenvalue weighted by Gasteiger charge is 2.10. The number of nitrogens with zero attached hydrogens (tertiary/aromatic N) is 1. The lowest BCUT2D eigenvalue weighted by molar-refractivity contribution is 0.674. The largest absolute Gasteiger partial charge is 0.345 e. The summed E-state index contributed by atoms with van der Waals surface area (Å²) >= 11 is 0. The maximum atomic E-state index is 6.14. The zero-order valence-electron chi connectivity index (χ0n) is 10.2. The lowest BCUT2D eigenvalue weighted by Gasteiger charge is -2.08. The first kappa shape index (κ1) is 11.9. The molecule has 0 aliphatic rings. The number of benzene rings is 1. The smallest absolute Gasteiger partial charge is 0.123 e. The summed E-state index contributed by atoms with van der Waals surface area (Å²) in [7, 11) is 0. The Morgan fingerprint density at radius 1 is 1.29 bits per heavy atom. The highest BCUT2D eigenvalue weighted by Crippen LogP contribution is 2.13. The van der Waals surface area contributed by atoms with E-state index in [1.165, 1.54) is 11.3 Å². The maximum Gasteiger partial charge on any atom is 0.123 e. The molecule has 1 atom stereocenters. The number of nitrogens with two attached hydrogens (primary N) is 1. The van der Waals surface area contributed by atoms with Gasteiger partial charge in [0, 0.05) is 11.9 Å². The summed E-state index contributed by atoms with van der Waals surface area (Å²) in [5.74, 6) is 0.886. The fourth-order valence-electron chi connectivity index (χ4n) is 1.93. The van der Waals surface area contributed by atoms with Gasteiger partial charge in [0.05, 0.1) is 6.04 Å². The van der Waals surface area contributed by atoms with Crippen molar-refractivity contribution in [1.29, 1.82) is 0 Å². The van der Waals surface area contributed by atoms with Crippen LogP contribution in [0.4, 0.5) is 0 Å². The van der Waals surface area contributed by atoms with Crippen molar-refractivity contribution in [3.63, 3.8) is 0 Å². The lowest BCUT2D eigenvalue weighted by atomic mass is 10.1. The molecule has 2 aromatic rings. The summed E-state index contributed by atoms with van der Waals surface area (Å²) in [6, 6.07) is 10.2.